The van der Waals surface area contributed by atoms with E-state index in [2.05, 4.69) is 15.4 Å². The summed E-state index contributed by atoms with van der Waals surface area (Å²) >= 11 is 0. The van der Waals surface area contributed by atoms with Crippen LogP contribution in [0.3, 0.4) is 0 Å². The molecule has 1 saturated heterocycles. The van der Waals surface area contributed by atoms with Gasteiger partial charge in [-0.25, -0.2) is 4.79 Å². The maximum Gasteiger partial charge on any atom is 0.573 e. The summed E-state index contributed by atoms with van der Waals surface area (Å²) in [6.45, 7) is 3.54. The zero-order valence-corrected chi connectivity index (χ0v) is 17.1. The first-order valence-corrected chi connectivity index (χ1v) is 10.3. The molecule has 6 nitrogen and oxygen atoms in total. The average Bonchev–Trinajstić information content (AvgIpc) is 3.02. The lowest BCUT2D eigenvalue weighted by Gasteiger charge is -2.38. The van der Waals surface area contributed by atoms with Gasteiger partial charge in [0.25, 0.3) is 0 Å². The Hall–Kier alpha value is -2.45. The lowest BCUT2D eigenvalue weighted by atomic mass is 9.68. The van der Waals surface area contributed by atoms with E-state index < -0.39 is 6.36 Å². The van der Waals surface area contributed by atoms with E-state index in [0.717, 1.165) is 25.7 Å². The largest absolute Gasteiger partial charge is 0.573 e. The van der Waals surface area contributed by atoms with Crippen molar-refractivity contribution < 1.29 is 27.5 Å². The fraction of sp³-hybridized carbons (Fsp3) is 0.619. The van der Waals surface area contributed by atoms with Gasteiger partial charge in [0.1, 0.15) is 5.75 Å². The number of alkyl halides is 3. The van der Waals surface area contributed by atoms with Gasteiger partial charge in [-0.3, -0.25) is 4.79 Å². The molecule has 1 aliphatic carbocycles. The van der Waals surface area contributed by atoms with Gasteiger partial charge in [-0.05, 0) is 36.0 Å². The van der Waals surface area contributed by atoms with Gasteiger partial charge >= 0.3 is 12.4 Å². The van der Waals surface area contributed by atoms with Crippen molar-refractivity contribution in [1.29, 1.82) is 0 Å². The number of rotatable bonds is 5. The molecule has 1 aromatic rings. The fourth-order valence-corrected chi connectivity index (χ4v) is 4.66. The SMILES string of the molecule is CC(=O)NCC1CN(C(=O)NCc2ccc(OC(F)(F)F)cc2)CC12CCCCC2. The van der Waals surface area contributed by atoms with Crippen molar-refractivity contribution >= 4 is 11.9 Å². The average molecular weight is 427 g/mol. The molecular formula is C21H28F3N3O3. The van der Waals surface area contributed by atoms with Crippen molar-refractivity contribution in [2.75, 3.05) is 19.6 Å². The summed E-state index contributed by atoms with van der Waals surface area (Å²) in [5.41, 5.74) is 0.730. The van der Waals surface area contributed by atoms with Crippen LogP contribution in [0.2, 0.25) is 0 Å². The molecule has 2 aliphatic rings. The van der Waals surface area contributed by atoms with Crippen LogP contribution in [-0.4, -0.2) is 42.8 Å². The van der Waals surface area contributed by atoms with Crippen molar-refractivity contribution in [1.82, 2.24) is 15.5 Å². The first kappa shape index (κ1) is 22.2. The Morgan fingerprint density at radius 2 is 1.80 bits per heavy atom. The number of halogens is 3. The summed E-state index contributed by atoms with van der Waals surface area (Å²) in [5, 5.41) is 5.76. The van der Waals surface area contributed by atoms with Crippen LogP contribution in [0, 0.1) is 11.3 Å². The Labute approximate surface area is 174 Å². The number of carbonyl (C=O) groups is 2. The highest BCUT2D eigenvalue weighted by Crippen LogP contribution is 2.47. The summed E-state index contributed by atoms with van der Waals surface area (Å²) in [6.07, 6.45) is 0.864. The van der Waals surface area contributed by atoms with Crippen LogP contribution in [0.4, 0.5) is 18.0 Å². The van der Waals surface area contributed by atoms with E-state index in [1.54, 1.807) is 4.90 Å². The highest BCUT2D eigenvalue weighted by Gasteiger charge is 2.47. The van der Waals surface area contributed by atoms with E-state index in [4.69, 9.17) is 0 Å². The van der Waals surface area contributed by atoms with Gasteiger partial charge in [0, 0.05) is 39.0 Å². The second-order valence-corrected chi connectivity index (χ2v) is 8.29. The summed E-state index contributed by atoms with van der Waals surface area (Å²) < 4.78 is 40.6. The van der Waals surface area contributed by atoms with Crippen molar-refractivity contribution in [3.63, 3.8) is 0 Å². The van der Waals surface area contributed by atoms with Crippen molar-refractivity contribution in [3.05, 3.63) is 29.8 Å². The zero-order chi connectivity index (χ0) is 21.8. The van der Waals surface area contributed by atoms with Gasteiger partial charge in [0.2, 0.25) is 5.91 Å². The summed E-state index contributed by atoms with van der Waals surface area (Å²) in [6, 6.07) is 5.25. The van der Waals surface area contributed by atoms with Crippen LogP contribution >= 0.6 is 0 Å². The number of hydrogen-bond donors (Lipinski definition) is 2. The summed E-state index contributed by atoms with van der Waals surface area (Å²) in [7, 11) is 0. The number of urea groups is 1. The third-order valence-electron chi connectivity index (χ3n) is 6.15. The minimum absolute atomic E-state index is 0.0502. The number of nitrogens with one attached hydrogen (secondary N) is 2. The minimum atomic E-state index is -4.73. The highest BCUT2D eigenvalue weighted by molar-refractivity contribution is 5.75. The molecule has 1 saturated carbocycles. The Balaban J connectivity index is 1.56. The molecule has 0 radical (unpaired) electrons. The molecule has 0 bridgehead atoms. The molecular weight excluding hydrogens is 399 g/mol. The molecule has 1 heterocycles. The van der Waals surface area contributed by atoms with Crippen LogP contribution in [0.25, 0.3) is 0 Å². The predicted octanol–water partition coefficient (Wildman–Crippen LogP) is 3.81. The predicted molar refractivity (Wildman–Crippen MR) is 105 cm³/mol. The van der Waals surface area contributed by atoms with Crippen molar-refractivity contribution in [2.24, 2.45) is 11.3 Å². The molecule has 1 unspecified atom stereocenters. The second kappa shape index (κ2) is 9.14. The maximum atomic E-state index is 12.7. The van der Waals surface area contributed by atoms with E-state index in [1.165, 1.54) is 37.6 Å². The molecule has 9 heteroatoms. The lowest BCUT2D eigenvalue weighted by molar-refractivity contribution is -0.274. The van der Waals surface area contributed by atoms with Crippen LogP contribution < -0.4 is 15.4 Å². The molecule has 1 spiro atoms. The number of amides is 3. The normalized spacial score (nSPS) is 20.8. The quantitative estimate of drug-likeness (QED) is 0.751. The number of likely N-dealkylation sites (tertiary alicyclic amines) is 1. The number of benzene rings is 1. The van der Waals surface area contributed by atoms with Crippen LogP contribution in [0.15, 0.2) is 24.3 Å². The first-order chi connectivity index (χ1) is 14.2. The van der Waals surface area contributed by atoms with Crippen molar-refractivity contribution in [3.8, 4) is 5.75 Å². The molecule has 166 valence electrons. The van der Waals surface area contributed by atoms with Crippen LogP contribution in [0.1, 0.15) is 44.6 Å². The number of carbonyl (C=O) groups excluding carboxylic acids is 2. The maximum absolute atomic E-state index is 12.7. The third kappa shape index (κ3) is 5.79. The van der Waals surface area contributed by atoms with E-state index in [0.29, 0.717) is 25.2 Å². The highest BCUT2D eigenvalue weighted by atomic mass is 19.4. The first-order valence-electron chi connectivity index (χ1n) is 10.3. The lowest BCUT2D eigenvalue weighted by Crippen LogP contribution is -2.40. The standard InChI is InChI=1S/C21H28F3N3O3/c1-15(28)25-12-17-13-27(14-20(17)9-3-2-4-10-20)19(29)26-11-16-5-7-18(8-6-16)30-21(22,23)24/h5-8,17H,2-4,9-14H2,1H3,(H,25,28)(H,26,29). The van der Waals surface area contributed by atoms with Crippen LogP contribution in [0.5, 0.6) is 5.75 Å². The number of nitrogens with zero attached hydrogens (tertiary/aromatic N) is 1. The summed E-state index contributed by atoms with van der Waals surface area (Å²) in [4.78, 5) is 25.9. The molecule has 0 aromatic heterocycles. The Morgan fingerprint density at radius 3 is 2.40 bits per heavy atom. The van der Waals surface area contributed by atoms with E-state index >= 15 is 0 Å². The van der Waals surface area contributed by atoms with Gasteiger partial charge in [-0.1, -0.05) is 31.4 Å². The zero-order valence-electron chi connectivity index (χ0n) is 17.1. The van der Waals surface area contributed by atoms with E-state index in [1.807, 2.05) is 0 Å². The number of ether oxygens (including phenoxy) is 1. The van der Waals surface area contributed by atoms with Crippen molar-refractivity contribution in [2.45, 2.75) is 51.9 Å². The summed E-state index contributed by atoms with van der Waals surface area (Å²) in [5.74, 6) is -0.134. The number of hydrogen-bond acceptors (Lipinski definition) is 3. The molecule has 2 fully saturated rings. The van der Waals surface area contributed by atoms with Gasteiger partial charge in [0.15, 0.2) is 0 Å². The Morgan fingerprint density at radius 1 is 1.13 bits per heavy atom. The minimum Gasteiger partial charge on any atom is -0.406 e. The Bertz CT molecular complexity index is 746. The fourth-order valence-electron chi connectivity index (χ4n) is 4.66. The van der Waals surface area contributed by atoms with Gasteiger partial charge in [-0.15, -0.1) is 13.2 Å². The van der Waals surface area contributed by atoms with Crippen LogP contribution in [-0.2, 0) is 11.3 Å². The third-order valence-corrected chi connectivity index (χ3v) is 6.15. The monoisotopic (exact) mass is 427 g/mol. The van der Waals surface area contributed by atoms with Gasteiger partial charge in [0.05, 0.1) is 0 Å². The van der Waals surface area contributed by atoms with E-state index in [-0.39, 0.29) is 35.6 Å². The second-order valence-electron chi connectivity index (χ2n) is 8.29. The molecule has 1 atom stereocenters. The van der Waals surface area contributed by atoms with Gasteiger partial charge < -0.3 is 20.3 Å². The molecule has 3 rings (SSSR count). The topological polar surface area (TPSA) is 70.7 Å². The molecule has 2 N–H and O–H groups in total. The smallest absolute Gasteiger partial charge is 0.406 e. The molecule has 3 amide bonds. The molecule has 1 aromatic carbocycles. The van der Waals surface area contributed by atoms with E-state index in [9.17, 15) is 22.8 Å². The molecule has 1 aliphatic heterocycles. The Kier molecular flexibility index (Phi) is 6.77. The molecule has 30 heavy (non-hydrogen) atoms. The van der Waals surface area contributed by atoms with Gasteiger partial charge in [-0.2, -0.15) is 0 Å².